The lowest BCUT2D eigenvalue weighted by atomic mass is 9.92. The van der Waals surface area contributed by atoms with Crippen LogP contribution in [0.4, 0.5) is 0 Å². The Bertz CT molecular complexity index is 301. The molecule has 1 aromatic rings. The lowest BCUT2D eigenvalue weighted by molar-refractivity contribution is 0.520. The highest BCUT2D eigenvalue weighted by atomic mass is 14.9. The van der Waals surface area contributed by atoms with Crippen molar-refractivity contribution in [2.75, 3.05) is 7.05 Å². The predicted octanol–water partition coefficient (Wildman–Crippen LogP) is 2.25. The maximum atomic E-state index is 3.47. The Morgan fingerprint density at radius 3 is 2.08 bits per heavy atom. The summed E-state index contributed by atoms with van der Waals surface area (Å²) in [4.78, 5) is 0. The molecule has 2 aliphatic rings. The quantitative estimate of drug-likeness (QED) is 0.687. The van der Waals surface area contributed by atoms with E-state index in [1.807, 2.05) is 0 Å². The largest absolute Gasteiger partial charge is 0.316 e. The molecule has 2 atom stereocenters. The molecule has 0 amide bonds. The number of rotatable bonds is 1. The average molecular weight is 173 g/mol. The van der Waals surface area contributed by atoms with Gasteiger partial charge in [0.15, 0.2) is 0 Å². The zero-order valence-corrected chi connectivity index (χ0v) is 7.96. The third kappa shape index (κ3) is 0.856. The molecule has 2 unspecified atom stereocenters. The van der Waals surface area contributed by atoms with Crippen LogP contribution in [0.5, 0.6) is 0 Å². The fourth-order valence-corrected chi connectivity index (χ4v) is 3.29. The van der Waals surface area contributed by atoms with Crippen molar-refractivity contribution in [3.05, 3.63) is 35.4 Å². The first-order valence-electron chi connectivity index (χ1n) is 5.18. The van der Waals surface area contributed by atoms with Gasteiger partial charge in [0, 0.05) is 17.9 Å². The van der Waals surface area contributed by atoms with Crippen molar-refractivity contribution >= 4 is 0 Å². The van der Waals surface area contributed by atoms with E-state index in [-0.39, 0.29) is 0 Å². The fraction of sp³-hybridized carbons (Fsp3) is 0.500. The topological polar surface area (TPSA) is 12.0 Å². The molecule has 1 fully saturated rings. The number of likely N-dealkylation sites (N-methyl/N-ethyl adjacent to an activating group) is 1. The van der Waals surface area contributed by atoms with Crippen LogP contribution in [-0.2, 0) is 0 Å². The van der Waals surface area contributed by atoms with E-state index >= 15 is 0 Å². The van der Waals surface area contributed by atoms with Gasteiger partial charge in [-0.2, -0.15) is 0 Å². The van der Waals surface area contributed by atoms with Gasteiger partial charge in [-0.3, -0.25) is 0 Å². The van der Waals surface area contributed by atoms with Crippen molar-refractivity contribution in [1.82, 2.24) is 5.32 Å². The Hall–Kier alpha value is -0.820. The molecule has 0 heterocycles. The SMILES string of the molecule is CNC1C2CCC1c1ccccc12. The molecule has 0 aromatic heterocycles. The smallest absolute Gasteiger partial charge is 0.0202 e. The second kappa shape index (κ2) is 2.58. The first kappa shape index (κ1) is 7.57. The number of hydrogen-bond acceptors (Lipinski definition) is 1. The predicted molar refractivity (Wildman–Crippen MR) is 54.0 cm³/mol. The minimum atomic E-state index is 0.720. The van der Waals surface area contributed by atoms with E-state index in [9.17, 15) is 0 Å². The average Bonchev–Trinajstić information content (AvgIpc) is 2.73. The molecule has 68 valence electrons. The van der Waals surface area contributed by atoms with Crippen LogP contribution in [0.2, 0.25) is 0 Å². The molecule has 1 aromatic carbocycles. The summed E-state index contributed by atoms with van der Waals surface area (Å²) in [5, 5.41) is 3.47. The highest BCUT2D eigenvalue weighted by molar-refractivity contribution is 5.44. The zero-order valence-electron chi connectivity index (χ0n) is 7.96. The normalized spacial score (nSPS) is 35.0. The molecule has 2 bridgehead atoms. The Balaban J connectivity index is 2.12. The number of benzene rings is 1. The van der Waals surface area contributed by atoms with Crippen LogP contribution in [0.15, 0.2) is 24.3 Å². The third-order valence-electron chi connectivity index (χ3n) is 3.78. The van der Waals surface area contributed by atoms with Gasteiger partial charge in [-0.15, -0.1) is 0 Å². The van der Waals surface area contributed by atoms with E-state index in [0.717, 1.165) is 17.9 Å². The van der Waals surface area contributed by atoms with Gasteiger partial charge in [-0.25, -0.2) is 0 Å². The molecule has 3 rings (SSSR count). The van der Waals surface area contributed by atoms with E-state index in [4.69, 9.17) is 0 Å². The van der Waals surface area contributed by atoms with Gasteiger partial charge < -0.3 is 5.32 Å². The lowest BCUT2D eigenvalue weighted by Crippen LogP contribution is -2.27. The minimum Gasteiger partial charge on any atom is -0.316 e. The van der Waals surface area contributed by atoms with Crippen molar-refractivity contribution in [1.29, 1.82) is 0 Å². The molecule has 0 spiro atoms. The maximum Gasteiger partial charge on any atom is 0.0202 e. The summed E-state index contributed by atoms with van der Waals surface area (Å²) in [6, 6.07) is 9.68. The second-order valence-electron chi connectivity index (χ2n) is 4.23. The lowest BCUT2D eigenvalue weighted by Gasteiger charge is -2.13. The van der Waals surface area contributed by atoms with E-state index in [0.29, 0.717) is 0 Å². The molecule has 1 nitrogen and oxygen atoms in total. The highest BCUT2D eigenvalue weighted by Gasteiger charge is 2.44. The molecule has 0 radical (unpaired) electrons. The molecule has 1 N–H and O–H groups in total. The molecule has 0 saturated heterocycles. The number of fused-ring (bicyclic) bond motifs is 5. The standard InChI is InChI=1S/C12H15N/c1-13-12-10-6-7-11(12)9-5-3-2-4-8(9)10/h2-5,10-13H,6-7H2,1H3. The maximum absolute atomic E-state index is 3.47. The van der Waals surface area contributed by atoms with Crippen molar-refractivity contribution in [2.45, 2.75) is 30.7 Å². The van der Waals surface area contributed by atoms with Gasteiger partial charge in [0.25, 0.3) is 0 Å². The minimum absolute atomic E-state index is 0.720. The van der Waals surface area contributed by atoms with Crippen LogP contribution in [0.1, 0.15) is 35.8 Å². The molecule has 1 saturated carbocycles. The molecular weight excluding hydrogens is 158 g/mol. The van der Waals surface area contributed by atoms with Gasteiger partial charge in [0.1, 0.15) is 0 Å². The van der Waals surface area contributed by atoms with Gasteiger partial charge in [0.05, 0.1) is 0 Å². The fourth-order valence-electron chi connectivity index (χ4n) is 3.29. The molecule has 1 heteroatoms. The van der Waals surface area contributed by atoms with Crippen LogP contribution in [0.3, 0.4) is 0 Å². The first-order valence-corrected chi connectivity index (χ1v) is 5.18. The Kier molecular flexibility index (Phi) is 1.50. The van der Waals surface area contributed by atoms with E-state index in [1.165, 1.54) is 12.8 Å². The summed E-state index contributed by atoms with van der Waals surface area (Å²) in [7, 11) is 2.10. The number of hydrogen-bond donors (Lipinski definition) is 1. The van der Waals surface area contributed by atoms with Crippen LogP contribution < -0.4 is 5.32 Å². The number of nitrogens with one attached hydrogen (secondary N) is 1. The van der Waals surface area contributed by atoms with Crippen LogP contribution >= 0.6 is 0 Å². The summed E-state index contributed by atoms with van der Waals surface area (Å²) < 4.78 is 0. The third-order valence-corrected chi connectivity index (χ3v) is 3.78. The summed E-state index contributed by atoms with van der Waals surface area (Å²) in [6.45, 7) is 0. The van der Waals surface area contributed by atoms with Crippen LogP contribution in [0, 0.1) is 0 Å². The first-order chi connectivity index (χ1) is 6.42. The molecule has 2 aliphatic carbocycles. The Labute approximate surface area is 79.2 Å². The molecule has 13 heavy (non-hydrogen) atoms. The second-order valence-corrected chi connectivity index (χ2v) is 4.23. The Morgan fingerprint density at radius 1 is 1.08 bits per heavy atom. The van der Waals surface area contributed by atoms with Crippen LogP contribution in [0.25, 0.3) is 0 Å². The summed E-state index contributed by atoms with van der Waals surface area (Å²) in [5.41, 5.74) is 3.22. The van der Waals surface area contributed by atoms with Gasteiger partial charge in [0.2, 0.25) is 0 Å². The van der Waals surface area contributed by atoms with Gasteiger partial charge >= 0.3 is 0 Å². The monoisotopic (exact) mass is 173 g/mol. The van der Waals surface area contributed by atoms with Crippen molar-refractivity contribution in [3.8, 4) is 0 Å². The van der Waals surface area contributed by atoms with Gasteiger partial charge in [-0.05, 0) is 31.0 Å². The van der Waals surface area contributed by atoms with E-state index in [2.05, 4.69) is 36.6 Å². The Morgan fingerprint density at radius 2 is 1.62 bits per heavy atom. The summed E-state index contributed by atoms with van der Waals surface area (Å²) in [5.74, 6) is 1.59. The zero-order chi connectivity index (χ0) is 8.84. The van der Waals surface area contributed by atoms with Crippen molar-refractivity contribution in [2.24, 2.45) is 0 Å². The van der Waals surface area contributed by atoms with E-state index < -0.39 is 0 Å². The van der Waals surface area contributed by atoms with Gasteiger partial charge in [-0.1, -0.05) is 24.3 Å². The van der Waals surface area contributed by atoms with Crippen molar-refractivity contribution < 1.29 is 0 Å². The molecule has 0 aliphatic heterocycles. The summed E-state index contributed by atoms with van der Waals surface area (Å²) in [6.07, 6.45) is 2.76. The van der Waals surface area contributed by atoms with Crippen LogP contribution in [-0.4, -0.2) is 13.1 Å². The summed E-state index contributed by atoms with van der Waals surface area (Å²) >= 11 is 0. The van der Waals surface area contributed by atoms with Crippen molar-refractivity contribution in [3.63, 3.8) is 0 Å². The highest BCUT2D eigenvalue weighted by Crippen LogP contribution is 2.52. The van der Waals surface area contributed by atoms with E-state index in [1.54, 1.807) is 11.1 Å². The molecular formula is C12H15N.